The van der Waals surface area contributed by atoms with Gasteiger partial charge < -0.3 is 9.88 Å². The summed E-state index contributed by atoms with van der Waals surface area (Å²) in [6.07, 6.45) is 9.15. The van der Waals surface area contributed by atoms with Crippen LogP contribution >= 0.6 is 0 Å². The van der Waals surface area contributed by atoms with Gasteiger partial charge in [0.05, 0.1) is 10.1 Å². The maximum atomic E-state index is 13.2. The molecule has 1 saturated carbocycles. The van der Waals surface area contributed by atoms with E-state index in [-0.39, 0.29) is 10.8 Å². The van der Waals surface area contributed by atoms with Gasteiger partial charge in [-0.1, -0.05) is 38.2 Å². The summed E-state index contributed by atoms with van der Waals surface area (Å²) in [5.41, 5.74) is 0.490. The fourth-order valence-electron chi connectivity index (χ4n) is 4.01. The van der Waals surface area contributed by atoms with Crippen LogP contribution in [-0.2, 0) is 14.6 Å². The molecule has 0 spiro atoms. The second-order valence-corrected chi connectivity index (χ2v) is 11.2. The highest BCUT2D eigenvalue weighted by Gasteiger charge is 2.28. The van der Waals surface area contributed by atoms with Crippen LogP contribution in [0, 0.1) is 12.8 Å². The van der Waals surface area contributed by atoms with E-state index in [1.165, 1.54) is 23.3 Å². The van der Waals surface area contributed by atoms with Crippen molar-refractivity contribution in [1.29, 1.82) is 0 Å². The number of carbonyl (C=O) groups excluding carboxylic acids is 1. The third-order valence-corrected chi connectivity index (χ3v) is 8.10. The van der Waals surface area contributed by atoms with Gasteiger partial charge in [-0.05, 0) is 50.8 Å². The molecule has 0 bridgehead atoms. The molecule has 1 N–H and O–H groups in total. The number of rotatable bonds is 7. The van der Waals surface area contributed by atoms with Gasteiger partial charge >= 0.3 is 0 Å². The number of anilines is 1. The molecule has 2 aromatic rings. The van der Waals surface area contributed by atoms with Crippen molar-refractivity contribution >= 4 is 21.6 Å². The Morgan fingerprint density at radius 2 is 1.90 bits per heavy atom. The van der Waals surface area contributed by atoms with Gasteiger partial charge in [0.1, 0.15) is 11.9 Å². The van der Waals surface area contributed by atoms with Crippen LogP contribution in [0.5, 0.6) is 0 Å². The maximum absolute atomic E-state index is 13.2. The van der Waals surface area contributed by atoms with Gasteiger partial charge in [-0.15, -0.1) is 0 Å². The molecular formula is C23H31N3O4S. The van der Waals surface area contributed by atoms with E-state index in [4.69, 9.17) is 0 Å². The van der Waals surface area contributed by atoms with Crippen molar-refractivity contribution in [1.82, 2.24) is 9.55 Å². The summed E-state index contributed by atoms with van der Waals surface area (Å²) in [7, 11) is -3.57. The highest BCUT2D eigenvalue weighted by atomic mass is 32.2. The number of aryl methyl sites for hydroxylation is 1. The topological polar surface area (TPSA) is 98.1 Å². The van der Waals surface area contributed by atoms with E-state index in [9.17, 15) is 18.0 Å². The van der Waals surface area contributed by atoms with Crippen molar-refractivity contribution < 1.29 is 13.2 Å². The number of amides is 1. The lowest BCUT2D eigenvalue weighted by Gasteiger charge is -2.27. The summed E-state index contributed by atoms with van der Waals surface area (Å²) < 4.78 is 26.3. The van der Waals surface area contributed by atoms with Crippen LogP contribution in [0.15, 0.2) is 46.3 Å². The van der Waals surface area contributed by atoms with Crippen LogP contribution in [0.1, 0.15) is 64.0 Å². The number of pyridine rings is 2. The molecule has 31 heavy (non-hydrogen) atoms. The third kappa shape index (κ3) is 5.61. The molecule has 0 unspecified atom stereocenters. The van der Waals surface area contributed by atoms with Crippen molar-refractivity contribution in [2.45, 2.75) is 75.5 Å². The Morgan fingerprint density at radius 3 is 2.48 bits per heavy atom. The van der Waals surface area contributed by atoms with Crippen LogP contribution < -0.4 is 10.9 Å². The molecule has 0 saturated heterocycles. The average molecular weight is 446 g/mol. The van der Waals surface area contributed by atoms with E-state index in [0.29, 0.717) is 18.2 Å². The standard InChI is InChI=1S/C23H31N3O4S/c1-16(2)31(29,30)19-11-12-26(22(27)14-19)20(13-18-7-5-4-6-8-18)23(28)25-21-10-9-17(3)15-24-21/h9-12,14-16,18,20H,4-8,13H2,1-3H3,(H,24,25,28)/t20-/m0/s1. The molecule has 2 aromatic heterocycles. The number of carbonyl (C=O) groups is 1. The first-order chi connectivity index (χ1) is 14.7. The fourth-order valence-corrected chi connectivity index (χ4v) is 5.07. The average Bonchev–Trinajstić information content (AvgIpc) is 2.74. The molecule has 3 rings (SSSR count). The fraction of sp³-hybridized carbons (Fsp3) is 0.522. The first-order valence-electron chi connectivity index (χ1n) is 10.9. The lowest BCUT2D eigenvalue weighted by Crippen LogP contribution is -2.35. The van der Waals surface area contributed by atoms with E-state index in [1.807, 2.05) is 13.0 Å². The summed E-state index contributed by atoms with van der Waals surface area (Å²) in [5.74, 6) is 0.459. The van der Waals surface area contributed by atoms with Crippen molar-refractivity contribution in [2.24, 2.45) is 5.92 Å². The maximum Gasteiger partial charge on any atom is 0.252 e. The molecule has 1 fully saturated rings. The molecule has 0 aromatic carbocycles. The Morgan fingerprint density at radius 1 is 1.19 bits per heavy atom. The molecule has 1 aliphatic carbocycles. The zero-order chi connectivity index (χ0) is 22.6. The molecule has 168 valence electrons. The summed E-state index contributed by atoms with van der Waals surface area (Å²) in [5, 5.41) is 2.19. The van der Waals surface area contributed by atoms with Gasteiger partial charge in [0.15, 0.2) is 9.84 Å². The zero-order valence-corrected chi connectivity index (χ0v) is 19.2. The molecule has 0 aliphatic heterocycles. The lowest BCUT2D eigenvalue weighted by atomic mass is 9.84. The Hall–Kier alpha value is -2.48. The van der Waals surface area contributed by atoms with Gasteiger partial charge in [-0.2, -0.15) is 0 Å². The normalized spacial score (nSPS) is 16.3. The van der Waals surface area contributed by atoms with E-state index in [2.05, 4.69) is 10.3 Å². The lowest BCUT2D eigenvalue weighted by molar-refractivity contribution is -0.120. The minimum atomic E-state index is -3.57. The van der Waals surface area contributed by atoms with Crippen molar-refractivity contribution in [3.8, 4) is 0 Å². The summed E-state index contributed by atoms with van der Waals surface area (Å²) >= 11 is 0. The van der Waals surface area contributed by atoms with E-state index >= 15 is 0 Å². The summed E-state index contributed by atoms with van der Waals surface area (Å²) in [6.45, 7) is 5.07. The molecule has 2 heterocycles. The second kappa shape index (κ2) is 9.77. The number of sulfone groups is 1. The first-order valence-corrected chi connectivity index (χ1v) is 12.4. The Kier molecular flexibility index (Phi) is 7.30. The molecule has 8 heteroatoms. The van der Waals surface area contributed by atoms with Crippen molar-refractivity contribution in [3.63, 3.8) is 0 Å². The van der Waals surface area contributed by atoms with Crippen LogP contribution in [-0.4, -0.2) is 29.1 Å². The second-order valence-electron chi connectivity index (χ2n) is 8.67. The van der Waals surface area contributed by atoms with E-state index < -0.39 is 26.7 Å². The van der Waals surface area contributed by atoms with Gasteiger partial charge in [-0.25, -0.2) is 13.4 Å². The number of nitrogens with one attached hydrogen (secondary N) is 1. The predicted octanol–water partition coefficient (Wildman–Crippen LogP) is 3.88. The highest BCUT2D eigenvalue weighted by Crippen LogP contribution is 2.31. The molecule has 1 amide bonds. The highest BCUT2D eigenvalue weighted by molar-refractivity contribution is 7.92. The number of nitrogens with zero attached hydrogens (tertiary/aromatic N) is 2. The molecule has 1 aliphatic rings. The molecule has 7 nitrogen and oxygen atoms in total. The summed E-state index contributed by atoms with van der Waals surface area (Å²) in [4.78, 5) is 30.3. The zero-order valence-electron chi connectivity index (χ0n) is 18.4. The smallest absolute Gasteiger partial charge is 0.252 e. The Bertz CT molecular complexity index is 1070. The monoisotopic (exact) mass is 445 g/mol. The van der Waals surface area contributed by atoms with Crippen molar-refractivity contribution in [2.75, 3.05) is 5.32 Å². The SMILES string of the molecule is Cc1ccc(NC(=O)[C@H](CC2CCCCC2)n2ccc(S(=O)(=O)C(C)C)cc2=O)nc1. The number of hydrogen-bond donors (Lipinski definition) is 1. The number of aromatic nitrogens is 2. The van der Waals surface area contributed by atoms with Crippen LogP contribution in [0.3, 0.4) is 0 Å². The molecule has 0 radical (unpaired) electrons. The Labute approximate surface area is 183 Å². The molecular weight excluding hydrogens is 414 g/mol. The van der Waals surface area contributed by atoms with Gasteiger partial charge in [0.25, 0.3) is 5.56 Å². The minimum absolute atomic E-state index is 0.0132. The van der Waals surface area contributed by atoms with Crippen molar-refractivity contribution in [3.05, 3.63) is 52.6 Å². The minimum Gasteiger partial charge on any atom is -0.309 e. The van der Waals surface area contributed by atoms with Gasteiger partial charge in [-0.3, -0.25) is 9.59 Å². The van der Waals surface area contributed by atoms with Gasteiger partial charge in [0.2, 0.25) is 5.91 Å². The number of hydrogen-bond acceptors (Lipinski definition) is 5. The third-order valence-electron chi connectivity index (χ3n) is 5.95. The quantitative estimate of drug-likeness (QED) is 0.697. The largest absolute Gasteiger partial charge is 0.309 e. The summed E-state index contributed by atoms with van der Waals surface area (Å²) in [6, 6.07) is 5.40. The van der Waals surface area contributed by atoms with E-state index in [0.717, 1.165) is 37.3 Å². The van der Waals surface area contributed by atoms with Crippen LogP contribution in [0.4, 0.5) is 5.82 Å². The van der Waals surface area contributed by atoms with Crippen LogP contribution in [0.2, 0.25) is 0 Å². The van der Waals surface area contributed by atoms with Crippen LogP contribution in [0.25, 0.3) is 0 Å². The predicted molar refractivity (Wildman–Crippen MR) is 121 cm³/mol. The first kappa shape index (κ1) is 23.2. The molecule has 1 atom stereocenters. The van der Waals surface area contributed by atoms with Gasteiger partial charge in [0, 0.05) is 18.5 Å². The Balaban J connectivity index is 1.92. The van der Waals surface area contributed by atoms with E-state index in [1.54, 1.807) is 26.1 Å².